The number of nitrogens with zero attached hydrogens (tertiary/aromatic N) is 1. The molecule has 0 bridgehead atoms. The van der Waals surface area contributed by atoms with Crippen molar-refractivity contribution < 1.29 is 41.4 Å². The lowest BCUT2D eigenvalue weighted by atomic mass is 9.78. The Hall–Kier alpha value is -3.44. The first kappa shape index (κ1) is 30.1. The normalized spacial score (nSPS) is 16.8. The second-order valence-corrected chi connectivity index (χ2v) is 9.50. The van der Waals surface area contributed by atoms with Crippen LogP contribution in [0.25, 0.3) is 0 Å². The van der Waals surface area contributed by atoms with E-state index in [0.29, 0.717) is 18.7 Å². The average molecular weight is 573 g/mol. The van der Waals surface area contributed by atoms with Crippen LogP contribution in [0.5, 0.6) is 0 Å². The Kier molecular flexibility index (Phi) is 9.39. The van der Waals surface area contributed by atoms with Crippen LogP contribution in [0, 0.1) is 5.82 Å². The molecule has 0 fully saturated rings. The van der Waals surface area contributed by atoms with Crippen LogP contribution in [-0.2, 0) is 27.0 Å². The third-order valence-electron chi connectivity index (χ3n) is 6.43. The van der Waals surface area contributed by atoms with Crippen molar-refractivity contribution in [2.75, 3.05) is 20.3 Å². The molecule has 0 spiro atoms. The molecule has 2 N–H and O–H groups in total. The van der Waals surface area contributed by atoms with Crippen LogP contribution >= 0.6 is 11.6 Å². The molecule has 1 heterocycles. The van der Waals surface area contributed by atoms with Gasteiger partial charge in [-0.15, -0.1) is 0 Å². The number of carboxylic acid groups (broad SMARTS) is 1. The molecule has 2 aromatic rings. The second-order valence-electron chi connectivity index (χ2n) is 9.09. The summed E-state index contributed by atoms with van der Waals surface area (Å²) < 4.78 is 76.8. The van der Waals surface area contributed by atoms with E-state index in [2.05, 4.69) is 5.32 Å². The number of aliphatic carboxylic acids is 1. The number of halogens is 6. The third kappa shape index (κ3) is 6.59. The molecule has 0 saturated carbocycles. The molecule has 0 radical (unpaired) electrons. The van der Waals surface area contributed by atoms with Crippen LogP contribution in [-0.4, -0.2) is 48.3 Å². The number of benzene rings is 2. The van der Waals surface area contributed by atoms with Gasteiger partial charge in [-0.2, -0.15) is 13.2 Å². The molecule has 2 unspecified atom stereocenters. The molecule has 2 atom stereocenters. The Bertz CT molecular complexity index is 1310. The van der Waals surface area contributed by atoms with Gasteiger partial charge in [-0.05, 0) is 38.6 Å². The Morgan fingerprint density at radius 1 is 1.15 bits per heavy atom. The molecular formula is C27H26ClF5N2O4. The number of esters is 1. The summed E-state index contributed by atoms with van der Waals surface area (Å²) in [6, 6.07) is 10.3. The minimum atomic E-state index is -5.23. The quantitative estimate of drug-likeness (QED) is 0.291. The number of alkyl halides is 4. The Labute approximate surface area is 226 Å². The van der Waals surface area contributed by atoms with E-state index in [9.17, 15) is 32.3 Å². The monoisotopic (exact) mass is 572 g/mol. The summed E-state index contributed by atoms with van der Waals surface area (Å²) in [7, 11) is 1.76. The molecular weight excluding hydrogens is 547 g/mol. The molecule has 0 amide bonds. The Morgan fingerprint density at radius 2 is 1.79 bits per heavy atom. The van der Waals surface area contributed by atoms with E-state index >= 15 is 4.39 Å². The van der Waals surface area contributed by atoms with Crippen molar-refractivity contribution >= 4 is 23.5 Å². The molecule has 12 heteroatoms. The predicted octanol–water partition coefficient (Wildman–Crippen LogP) is 5.83. The number of carboxylic acids is 1. The summed E-state index contributed by atoms with van der Waals surface area (Å²) in [5.41, 5.74) is -4.27. The number of hydrogen-bond donors (Lipinski definition) is 2. The smallest absolute Gasteiger partial charge is 0.418 e. The maximum absolute atomic E-state index is 15.1. The van der Waals surface area contributed by atoms with Gasteiger partial charge in [0, 0.05) is 23.8 Å². The van der Waals surface area contributed by atoms with E-state index in [1.807, 2.05) is 35.2 Å². The molecule has 3 rings (SSSR count). The Balaban J connectivity index is 2.04. The van der Waals surface area contributed by atoms with E-state index in [1.54, 1.807) is 14.0 Å². The van der Waals surface area contributed by atoms with Gasteiger partial charge >= 0.3 is 18.1 Å². The first-order valence-corrected chi connectivity index (χ1v) is 12.1. The summed E-state index contributed by atoms with van der Waals surface area (Å²) in [5.74, 6) is -6.66. The van der Waals surface area contributed by atoms with Gasteiger partial charge in [0.05, 0.1) is 33.3 Å². The number of ether oxygens (including phenoxy) is 1. The maximum Gasteiger partial charge on any atom is 0.418 e. The fourth-order valence-corrected chi connectivity index (χ4v) is 4.65. The topological polar surface area (TPSA) is 78.9 Å². The minimum Gasteiger partial charge on any atom is -0.478 e. The highest BCUT2D eigenvalue weighted by molar-refractivity contribution is 6.31. The summed E-state index contributed by atoms with van der Waals surface area (Å²) >= 11 is 5.79. The van der Waals surface area contributed by atoms with Crippen LogP contribution in [0.15, 0.2) is 65.0 Å². The number of hydrogen-bond acceptors (Lipinski definition) is 5. The number of rotatable bonds is 9. The standard InChI is InChI=1S/C27H26ClF5N2O4/c1-14(35(3)12-16-7-5-4-6-8-16)13-39-26(38)22-19(11-29)34-15(2)20(25(36)37)23(22)21-18(30)10-9-17(28)24(21)27(31,32)33/h4-10,14,23,34H,11-13H2,1-3H3,(H,36,37). The highest BCUT2D eigenvalue weighted by Gasteiger charge is 2.46. The highest BCUT2D eigenvalue weighted by Crippen LogP contribution is 2.47. The van der Waals surface area contributed by atoms with Crippen molar-refractivity contribution in [1.82, 2.24) is 10.2 Å². The first-order chi connectivity index (χ1) is 18.3. The van der Waals surface area contributed by atoms with Crippen molar-refractivity contribution in [3.63, 3.8) is 0 Å². The van der Waals surface area contributed by atoms with Gasteiger partial charge in [0.1, 0.15) is 19.1 Å². The van der Waals surface area contributed by atoms with Crippen LogP contribution in [0.2, 0.25) is 5.02 Å². The summed E-state index contributed by atoms with van der Waals surface area (Å²) in [5, 5.41) is 11.4. The van der Waals surface area contributed by atoms with Crippen molar-refractivity contribution in [3.8, 4) is 0 Å². The average Bonchev–Trinajstić information content (AvgIpc) is 2.87. The number of nitrogens with one attached hydrogen (secondary N) is 1. The van der Waals surface area contributed by atoms with E-state index in [-0.39, 0.29) is 12.3 Å². The minimum absolute atomic E-state index is 0.264. The van der Waals surface area contributed by atoms with Crippen molar-refractivity contribution in [3.05, 3.63) is 92.5 Å². The number of carbonyl (C=O) groups is 2. The van der Waals surface area contributed by atoms with Crippen LogP contribution in [0.4, 0.5) is 22.0 Å². The zero-order chi connectivity index (χ0) is 29.1. The molecule has 1 aliphatic heterocycles. The molecule has 0 aromatic heterocycles. The fraction of sp³-hybridized carbons (Fsp3) is 0.333. The lowest BCUT2D eigenvalue weighted by Gasteiger charge is -2.32. The Morgan fingerprint density at radius 3 is 2.36 bits per heavy atom. The van der Waals surface area contributed by atoms with Crippen LogP contribution in [0.1, 0.15) is 36.5 Å². The van der Waals surface area contributed by atoms with E-state index in [4.69, 9.17) is 16.3 Å². The fourth-order valence-electron chi connectivity index (χ4n) is 4.38. The highest BCUT2D eigenvalue weighted by atomic mass is 35.5. The molecule has 0 saturated heterocycles. The number of dihydropyridines is 1. The number of carbonyl (C=O) groups excluding carboxylic acids is 1. The van der Waals surface area contributed by atoms with Gasteiger partial charge in [-0.3, -0.25) is 4.90 Å². The van der Waals surface area contributed by atoms with Crippen molar-refractivity contribution in [2.45, 2.75) is 38.5 Å². The molecule has 2 aromatic carbocycles. The van der Waals surface area contributed by atoms with E-state index in [1.165, 1.54) is 6.92 Å². The zero-order valence-corrected chi connectivity index (χ0v) is 22.0. The van der Waals surface area contributed by atoms with Crippen LogP contribution in [0.3, 0.4) is 0 Å². The zero-order valence-electron chi connectivity index (χ0n) is 21.2. The van der Waals surface area contributed by atoms with Gasteiger partial charge in [0.25, 0.3) is 0 Å². The van der Waals surface area contributed by atoms with E-state index < -0.39 is 75.6 Å². The lowest BCUT2D eigenvalue weighted by Crippen LogP contribution is -2.37. The summed E-state index contributed by atoms with van der Waals surface area (Å²) in [6.45, 7) is 1.72. The molecule has 210 valence electrons. The largest absolute Gasteiger partial charge is 0.478 e. The second kappa shape index (κ2) is 12.2. The van der Waals surface area contributed by atoms with Gasteiger partial charge in [0.2, 0.25) is 0 Å². The molecule has 6 nitrogen and oxygen atoms in total. The molecule has 1 aliphatic rings. The first-order valence-electron chi connectivity index (χ1n) is 11.7. The van der Waals surface area contributed by atoms with Gasteiger partial charge in [-0.1, -0.05) is 41.9 Å². The number of allylic oxidation sites excluding steroid dienone is 2. The van der Waals surface area contributed by atoms with Crippen molar-refractivity contribution in [1.29, 1.82) is 0 Å². The SMILES string of the molecule is CC1=C(C(=O)O)C(c2c(F)ccc(Cl)c2C(F)(F)F)C(C(=O)OCC(C)N(C)Cc2ccccc2)=C(CF)N1. The van der Waals surface area contributed by atoms with Gasteiger partial charge in [-0.25, -0.2) is 18.4 Å². The molecule has 39 heavy (non-hydrogen) atoms. The third-order valence-corrected chi connectivity index (χ3v) is 6.74. The van der Waals surface area contributed by atoms with Gasteiger partial charge in [0.15, 0.2) is 0 Å². The summed E-state index contributed by atoms with van der Waals surface area (Å²) in [6.07, 6.45) is -5.23. The molecule has 0 aliphatic carbocycles. The summed E-state index contributed by atoms with van der Waals surface area (Å²) in [4.78, 5) is 27.3. The lowest BCUT2D eigenvalue weighted by molar-refractivity contribution is -0.142. The van der Waals surface area contributed by atoms with Crippen LogP contribution < -0.4 is 5.32 Å². The van der Waals surface area contributed by atoms with Gasteiger partial charge < -0.3 is 15.2 Å². The number of likely N-dealkylation sites (N-methyl/N-ethyl adjacent to an activating group) is 1. The maximum atomic E-state index is 15.1. The van der Waals surface area contributed by atoms with Crippen molar-refractivity contribution in [2.24, 2.45) is 0 Å². The van der Waals surface area contributed by atoms with E-state index in [0.717, 1.165) is 5.56 Å². The predicted molar refractivity (Wildman–Crippen MR) is 134 cm³/mol.